The van der Waals surface area contributed by atoms with E-state index in [-0.39, 0.29) is 11.9 Å². The van der Waals surface area contributed by atoms with Crippen molar-refractivity contribution in [3.8, 4) is 0 Å². The molecule has 5 heteroatoms. The number of nitrogens with two attached hydrogens (primary N) is 1. The van der Waals surface area contributed by atoms with Gasteiger partial charge in [0.05, 0.1) is 16.8 Å². The molecule has 1 aromatic heterocycles. The van der Waals surface area contributed by atoms with E-state index >= 15 is 0 Å². The van der Waals surface area contributed by atoms with E-state index in [9.17, 15) is 4.39 Å². The highest BCUT2D eigenvalue weighted by atomic mass is 79.9. The molecular weight excluding hydrogens is 299 g/mol. The number of hydrogen-bond donors (Lipinski definition) is 2. The van der Waals surface area contributed by atoms with Gasteiger partial charge in [0.1, 0.15) is 11.6 Å². The van der Waals surface area contributed by atoms with Gasteiger partial charge in [-0.3, -0.25) is 11.3 Å². The van der Waals surface area contributed by atoms with Crippen molar-refractivity contribution in [3.63, 3.8) is 0 Å². The predicted octanol–water partition coefficient (Wildman–Crippen LogP) is 3.24. The van der Waals surface area contributed by atoms with Gasteiger partial charge in [-0.2, -0.15) is 0 Å². The quantitative estimate of drug-likeness (QED) is 0.673. The summed E-state index contributed by atoms with van der Waals surface area (Å²) in [6.07, 6.45) is 2.20. The van der Waals surface area contributed by atoms with E-state index in [4.69, 9.17) is 10.3 Å². The molecule has 1 unspecified atom stereocenters. The van der Waals surface area contributed by atoms with Crippen LogP contribution in [0.3, 0.4) is 0 Å². The summed E-state index contributed by atoms with van der Waals surface area (Å²) >= 11 is 3.25. The van der Waals surface area contributed by atoms with Gasteiger partial charge in [-0.25, -0.2) is 4.39 Å². The van der Waals surface area contributed by atoms with E-state index in [0.29, 0.717) is 10.9 Å². The molecule has 1 heterocycles. The summed E-state index contributed by atoms with van der Waals surface area (Å²) in [4.78, 5) is 0. The molecule has 3 N–H and O–H groups in total. The molecule has 0 spiro atoms. The van der Waals surface area contributed by atoms with Crippen LogP contribution in [0, 0.1) is 12.7 Å². The highest BCUT2D eigenvalue weighted by molar-refractivity contribution is 9.10. The van der Waals surface area contributed by atoms with Crippen molar-refractivity contribution < 1.29 is 8.81 Å². The maximum absolute atomic E-state index is 13.4. The lowest BCUT2D eigenvalue weighted by molar-refractivity contribution is 0.500. The van der Waals surface area contributed by atoms with Crippen LogP contribution in [-0.4, -0.2) is 0 Å². The third-order valence-electron chi connectivity index (χ3n) is 2.93. The van der Waals surface area contributed by atoms with Gasteiger partial charge < -0.3 is 4.42 Å². The minimum Gasteiger partial charge on any atom is -0.469 e. The van der Waals surface area contributed by atoms with Crippen molar-refractivity contribution in [2.45, 2.75) is 19.4 Å². The van der Waals surface area contributed by atoms with E-state index in [1.54, 1.807) is 12.3 Å². The van der Waals surface area contributed by atoms with E-state index in [0.717, 1.165) is 16.9 Å². The topological polar surface area (TPSA) is 51.2 Å². The molecule has 0 bridgehead atoms. The van der Waals surface area contributed by atoms with Gasteiger partial charge in [0.2, 0.25) is 0 Å². The third kappa shape index (κ3) is 2.63. The first-order chi connectivity index (χ1) is 8.63. The highest BCUT2D eigenvalue weighted by Gasteiger charge is 2.17. The lowest BCUT2D eigenvalue weighted by Gasteiger charge is -2.16. The molecule has 3 nitrogen and oxygen atoms in total. The SMILES string of the molecule is Cc1occc1C(Cc1cccc(F)c1Br)NN. The summed E-state index contributed by atoms with van der Waals surface area (Å²) in [5, 5.41) is 0. The Morgan fingerprint density at radius 1 is 1.44 bits per heavy atom. The zero-order valence-electron chi connectivity index (χ0n) is 9.91. The molecule has 2 aromatic rings. The van der Waals surface area contributed by atoms with Crippen LogP contribution in [0.15, 0.2) is 39.4 Å². The first-order valence-electron chi connectivity index (χ1n) is 5.56. The fourth-order valence-electron chi connectivity index (χ4n) is 1.94. The fraction of sp³-hybridized carbons (Fsp3) is 0.231. The van der Waals surface area contributed by atoms with E-state index < -0.39 is 0 Å². The van der Waals surface area contributed by atoms with Crippen LogP contribution in [0.2, 0.25) is 0 Å². The number of furan rings is 1. The molecule has 0 aliphatic carbocycles. The number of rotatable bonds is 4. The molecule has 0 saturated carbocycles. The molecule has 2 rings (SSSR count). The number of nitrogens with one attached hydrogen (secondary N) is 1. The van der Waals surface area contributed by atoms with Crippen molar-refractivity contribution in [1.82, 2.24) is 5.43 Å². The van der Waals surface area contributed by atoms with Crippen LogP contribution in [-0.2, 0) is 6.42 Å². The summed E-state index contributed by atoms with van der Waals surface area (Å²) in [5.41, 5.74) is 4.58. The molecule has 96 valence electrons. The number of benzene rings is 1. The Balaban J connectivity index is 2.26. The normalized spacial score (nSPS) is 12.7. The first kappa shape index (κ1) is 13.3. The Kier molecular flexibility index (Phi) is 4.16. The Bertz CT molecular complexity index is 542. The zero-order valence-corrected chi connectivity index (χ0v) is 11.5. The average Bonchev–Trinajstić information content (AvgIpc) is 2.77. The Morgan fingerprint density at radius 2 is 2.22 bits per heavy atom. The number of hydrogen-bond acceptors (Lipinski definition) is 3. The minimum atomic E-state index is -0.271. The van der Waals surface area contributed by atoms with Crippen LogP contribution in [0.5, 0.6) is 0 Å². The van der Waals surface area contributed by atoms with Crippen molar-refractivity contribution in [1.29, 1.82) is 0 Å². The van der Waals surface area contributed by atoms with Gasteiger partial charge in [-0.15, -0.1) is 0 Å². The van der Waals surface area contributed by atoms with Crippen molar-refractivity contribution in [2.75, 3.05) is 0 Å². The molecule has 1 aromatic carbocycles. The molecule has 18 heavy (non-hydrogen) atoms. The molecule has 0 amide bonds. The molecule has 0 fully saturated rings. The summed E-state index contributed by atoms with van der Waals surface area (Å²) in [5.74, 6) is 6.11. The average molecular weight is 313 g/mol. The lowest BCUT2D eigenvalue weighted by atomic mass is 10.00. The second-order valence-electron chi connectivity index (χ2n) is 4.07. The van der Waals surface area contributed by atoms with Gasteiger partial charge in [0, 0.05) is 5.56 Å². The summed E-state index contributed by atoms with van der Waals surface area (Å²) < 4.78 is 19.2. The second-order valence-corrected chi connectivity index (χ2v) is 4.86. The molecular formula is C13H14BrFN2O. The van der Waals surface area contributed by atoms with E-state index in [2.05, 4.69) is 21.4 Å². The fourth-order valence-corrected chi connectivity index (χ4v) is 2.37. The third-order valence-corrected chi connectivity index (χ3v) is 3.82. The smallest absolute Gasteiger partial charge is 0.137 e. The molecule has 1 atom stereocenters. The van der Waals surface area contributed by atoms with Crippen LogP contribution in [0.25, 0.3) is 0 Å². The summed E-state index contributed by atoms with van der Waals surface area (Å²) in [6.45, 7) is 1.88. The number of aryl methyl sites for hydroxylation is 1. The van der Waals surface area contributed by atoms with Crippen LogP contribution in [0.4, 0.5) is 4.39 Å². The van der Waals surface area contributed by atoms with Gasteiger partial charge in [-0.1, -0.05) is 12.1 Å². The van der Waals surface area contributed by atoms with Gasteiger partial charge in [-0.05, 0) is 47.0 Å². The van der Waals surface area contributed by atoms with Gasteiger partial charge >= 0.3 is 0 Å². The standard InChI is InChI=1S/C13H14BrFN2O/c1-8-10(5-6-18-8)12(17-16)7-9-3-2-4-11(15)13(9)14/h2-6,12,17H,7,16H2,1H3. The zero-order chi connectivity index (χ0) is 13.1. The van der Waals surface area contributed by atoms with Crippen molar-refractivity contribution in [2.24, 2.45) is 5.84 Å². The first-order valence-corrected chi connectivity index (χ1v) is 6.35. The number of hydrazine groups is 1. The highest BCUT2D eigenvalue weighted by Crippen LogP contribution is 2.27. The minimum absolute atomic E-state index is 0.109. The van der Waals surface area contributed by atoms with Crippen molar-refractivity contribution >= 4 is 15.9 Å². The van der Waals surface area contributed by atoms with Crippen molar-refractivity contribution in [3.05, 3.63) is 57.7 Å². The summed E-state index contributed by atoms with van der Waals surface area (Å²) in [6, 6.07) is 6.73. The lowest BCUT2D eigenvalue weighted by Crippen LogP contribution is -2.29. The van der Waals surface area contributed by atoms with Crippen LogP contribution < -0.4 is 11.3 Å². The maximum Gasteiger partial charge on any atom is 0.137 e. The van der Waals surface area contributed by atoms with Gasteiger partial charge in [0.15, 0.2) is 0 Å². The number of halogens is 2. The monoisotopic (exact) mass is 312 g/mol. The predicted molar refractivity (Wildman–Crippen MR) is 71.3 cm³/mol. The largest absolute Gasteiger partial charge is 0.469 e. The molecule has 0 aliphatic rings. The van der Waals surface area contributed by atoms with Crippen LogP contribution in [0.1, 0.15) is 22.9 Å². The second kappa shape index (κ2) is 5.65. The van der Waals surface area contributed by atoms with Gasteiger partial charge in [0.25, 0.3) is 0 Å². The van der Waals surface area contributed by atoms with Crippen LogP contribution >= 0.6 is 15.9 Å². The molecule has 0 aliphatic heterocycles. The van der Waals surface area contributed by atoms with E-state index in [1.807, 2.05) is 19.1 Å². The molecule has 0 radical (unpaired) electrons. The Labute approximate surface area is 113 Å². The molecule has 0 saturated heterocycles. The Morgan fingerprint density at radius 3 is 2.83 bits per heavy atom. The Hall–Kier alpha value is -1.17. The maximum atomic E-state index is 13.4. The summed E-state index contributed by atoms with van der Waals surface area (Å²) in [7, 11) is 0. The van der Waals surface area contributed by atoms with E-state index in [1.165, 1.54) is 6.07 Å².